The molecule has 0 heterocycles. The van der Waals surface area contributed by atoms with Gasteiger partial charge in [-0.25, -0.2) is 0 Å². The Hall–Kier alpha value is -0.180. The molecule has 0 aromatic carbocycles. The number of hydrogen-bond donors (Lipinski definition) is 1. The minimum absolute atomic E-state index is 0.0432. The molecule has 0 aromatic rings. The molecule has 16 heavy (non-hydrogen) atoms. The van der Waals surface area contributed by atoms with Gasteiger partial charge in [0.05, 0.1) is 0 Å². The first kappa shape index (κ1) is 15.8. The zero-order valence-electron chi connectivity index (χ0n) is 10.4. The van der Waals surface area contributed by atoms with Crippen LogP contribution < -0.4 is 0 Å². The number of carbonyl (C=O) groups is 1. The van der Waals surface area contributed by atoms with Gasteiger partial charge in [0.25, 0.3) is 0 Å². The van der Waals surface area contributed by atoms with Gasteiger partial charge in [0, 0.05) is 6.42 Å². The lowest BCUT2D eigenvalue weighted by atomic mass is 9.89. The SMILES string of the molecule is CCCCCC(=O)C(CC)(CC)O[PH](=O)O. The topological polar surface area (TPSA) is 63.6 Å². The molecule has 0 spiro atoms. The summed E-state index contributed by atoms with van der Waals surface area (Å²) >= 11 is 0. The fraction of sp³-hybridized carbons (Fsp3) is 0.909. The van der Waals surface area contributed by atoms with E-state index in [4.69, 9.17) is 9.42 Å². The zero-order chi connectivity index (χ0) is 12.6. The molecule has 0 saturated heterocycles. The first-order valence-electron chi connectivity index (χ1n) is 5.97. The van der Waals surface area contributed by atoms with Gasteiger partial charge >= 0.3 is 8.25 Å². The number of carbonyl (C=O) groups excluding carboxylic acids is 1. The van der Waals surface area contributed by atoms with Gasteiger partial charge in [-0.3, -0.25) is 13.9 Å². The Labute approximate surface area is 98.3 Å². The third-order valence-electron chi connectivity index (χ3n) is 2.94. The Kier molecular flexibility index (Phi) is 7.90. The molecule has 0 rings (SSSR count). The van der Waals surface area contributed by atoms with Crippen LogP contribution in [0.4, 0.5) is 0 Å². The van der Waals surface area contributed by atoms with Crippen LogP contribution in [0.1, 0.15) is 59.3 Å². The van der Waals surface area contributed by atoms with Gasteiger partial charge < -0.3 is 4.89 Å². The van der Waals surface area contributed by atoms with E-state index in [1.54, 1.807) is 0 Å². The minimum Gasteiger partial charge on any atom is -0.326 e. The zero-order valence-corrected chi connectivity index (χ0v) is 11.4. The van der Waals surface area contributed by atoms with Crippen molar-refractivity contribution in [3.63, 3.8) is 0 Å². The van der Waals surface area contributed by atoms with Crippen LogP contribution in [0.2, 0.25) is 0 Å². The van der Waals surface area contributed by atoms with Crippen LogP contribution in [0.25, 0.3) is 0 Å². The van der Waals surface area contributed by atoms with Crippen LogP contribution in [0.5, 0.6) is 0 Å². The highest BCUT2D eigenvalue weighted by Crippen LogP contribution is 2.33. The molecule has 0 radical (unpaired) electrons. The molecule has 1 atom stereocenters. The van der Waals surface area contributed by atoms with E-state index in [2.05, 4.69) is 6.92 Å². The second kappa shape index (κ2) is 7.99. The Morgan fingerprint density at radius 1 is 1.25 bits per heavy atom. The number of Topliss-reactive ketones (excluding diaryl/α,β-unsaturated/α-hetero) is 1. The quantitative estimate of drug-likeness (QED) is 0.504. The van der Waals surface area contributed by atoms with Crippen molar-refractivity contribution in [1.29, 1.82) is 0 Å². The average Bonchev–Trinajstić information content (AvgIpc) is 2.25. The number of rotatable bonds is 9. The molecule has 1 N–H and O–H groups in total. The maximum absolute atomic E-state index is 12.0. The highest BCUT2D eigenvalue weighted by Gasteiger charge is 2.36. The summed E-state index contributed by atoms with van der Waals surface area (Å²) in [5.74, 6) is -0.0432. The molecule has 96 valence electrons. The summed E-state index contributed by atoms with van der Waals surface area (Å²) in [5, 5.41) is 0. The molecular formula is C11H23O4P. The number of hydrogen-bond acceptors (Lipinski definition) is 3. The highest BCUT2D eigenvalue weighted by molar-refractivity contribution is 7.32. The fourth-order valence-electron chi connectivity index (χ4n) is 1.78. The Balaban J connectivity index is 4.49. The number of ketones is 1. The van der Waals surface area contributed by atoms with E-state index >= 15 is 0 Å². The Morgan fingerprint density at radius 2 is 1.81 bits per heavy atom. The van der Waals surface area contributed by atoms with E-state index < -0.39 is 13.9 Å². The van der Waals surface area contributed by atoms with Crippen LogP contribution in [-0.4, -0.2) is 16.3 Å². The maximum atomic E-state index is 12.0. The molecule has 1 unspecified atom stereocenters. The van der Waals surface area contributed by atoms with Gasteiger partial charge in [0.2, 0.25) is 0 Å². The van der Waals surface area contributed by atoms with Crippen LogP contribution in [0.15, 0.2) is 0 Å². The van der Waals surface area contributed by atoms with Crippen molar-refractivity contribution in [1.82, 2.24) is 0 Å². The maximum Gasteiger partial charge on any atom is 0.317 e. The van der Waals surface area contributed by atoms with Gasteiger partial charge in [0.1, 0.15) is 5.60 Å². The van der Waals surface area contributed by atoms with Gasteiger partial charge in [0.15, 0.2) is 5.78 Å². The summed E-state index contributed by atoms with van der Waals surface area (Å²) in [6.45, 7) is 5.69. The molecule has 0 saturated carbocycles. The third-order valence-corrected chi connectivity index (χ3v) is 3.51. The molecule has 0 fully saturated rings. The highest BCUT2D eigenvalue weighted by atomic mass is 31.1. The van der Waals surface area contributed by atoms with Gasteiger partial charge in [-0.1, -0.05) is 33.6 Å². The molecule has 0 bridgehead atoms. The average molecular weight is 250 g/mol. The summed E-state index contributed by atoms with van der Waals surface area (Å²) in [5.41, 5.74) is -1.04. The normalized spacial score (nSPS) is 13.8. The first-order valence-corrected chi connectivity index (χ1v) is 7.24. The van der Waals surface area contributed by atoms with Gasteiger partial charge in [-0.15, -0.1) is 0 Å². The van der Waals surface area contributed by atoms with Crippen LogP contribution in [-0.2, 0) is 13.9 Å². The predicted molar refractivity (Wildman–Crippen MR) is 64.8 cm³/mol. The van der Waals surface area contributed by atoms with E-state index in [-0.39, 0.29) is 5.78 Å². The number of unbranched alkanes of at least 4 members (excludes halogenated alkanes) is 2. The lowest BCUT2D eigenvalue weighted by Crippen LogP contribution is -2.38. The standard InChI is InChI=1S/C11H23O4P/c1-4-7-8-9-10(12)11(5-2,6-3)15-16(13)14/h16H,4-9H2,1-3H3,(H,13,14). The molecule has 0 aliphatic heterocycles. The fourth-order valence-corrected chi connectivity index (χ4v) is 2.51. The van der Waals surface area contributed by atoms with Crippen molar-refractivity contribution >= 4 is 14.0 Å². The second-order valence-corrected chi connectivity index (χ2v) is 4.69. The van der Waals surface area contributed by atoms with Crippen molar-refractivity contribution in [2.75, 3.05) is 0 Å². The first-order chi connectivity index (χ1) is 7.52. The molecule has 0 aliphatic rings. The lowest BCUT2D eigenvalue weighted by Gasteiger charge is -2.28. The van der Waals surface area contributed by atoms with E-state index in [0.717, 1.165) is 19.3 Å². The van der Waals surface area contributed by atoms with Crippen LogP contribution in [0.3, 0.4) is 0 Å². The van der Waals surface area contributed by atoms with Crippen molar-refractivity contribution in [2.45, 2.75) is 64.9 Å². The predicted octanol–water partition coefficient (Wildman–Crippen LogP) is 3.09. The summed E-state index contributed by atoms with van der Waals surface area (Å²) in [7, 11) is -3.06. The smallest absolute Gasteiger partial charge is 0.317 e. The second-order valence-electron chi connectivity index (χ2n) is 3.95. The van der Waals surface area contributed by atoms with Crippen molar-refractivity contribution < 1.29 is 18.8 Å². The summed E-state index contributed by atoms with van der Waals surface area (Å²) in [6.07, 6.45) is 4.22. The monoisotopic (exact) mass is 250 g/mol. The third kappa shape index (κ3) is 4.77. The molecule has 5 heteroatoms. The molecule has 0 aliphatic carbocycles. The van der Waals surface area contributed by atoms with E-state index in [1.165, 1.54) is 0 Å². The molecular weight excluding hydrogens is 227 g/mol. The van der Waals surface area contributed by atoms with E-state index in [1.807, 2.05) is 13.8 Å². The minimum atomic E-state index is -3.06. The van der Waals surface area contributed by atoms with Crippen LogP contribution in [0, 0.1) is 0 Å². The molecule has 4 nitrogen and oxygen atoms in total. The van der Waals surface area contributed by atoms with Gasteiger partial charge in [-0.05, 0) is 19.3 Å². The Bertz CT molecular complexity index is 236. The Morgan fingerprint density at radius 3 is 2.19 bits per heavy atom. The summed E-state index contributed by atoms with van der Waals surface area (Å²) in [4.78, 5) is 20.8. The summed E-state index contributed by atoms with van der Waals surface area (Å²) < 4.78 is 15.8. The van der Waals surface area contributed by atoms with E-state index in [9.17, 15) is 9.36 Å². The van der Waals surface area contributed by atoms with Crippen molar-refractivity contribution in [2.24, 2.45) is 0 Å². The van der Waals surface area contributed by atoms with Crippen molar-refractivity contribution in [3.05, 3.63) is 0 Å². The van der Waals surface area contributed by atoms with Gasteiger partial charge in [-0.2, -0.15) is 0 Å². The molecule has 0 amide bonds. The van der Waals surface area contributed by atoms with E-state index in [0.29, 0.717) is 19.3 Å². The lowest BCUT2D eigenvalue weighted by molar-refractivity contribution is -0.135. The largest absolute Gasteiger partial charge is 0.326 e. The van der Waals surface area contributed by atoms with Crippen LogP contribution >= 0.6 is 8.25 Å². The summed E-state index contributed by atoms with van der Waals surface area (Å²) in [6, 6.07) is 0. The molecule has 0 aromatic heterocycles. The van der Waals surface area contributed by atoms with Crippen molar-refractivity contribution in [3.8, 4) is 0 Å².